The van der Waals surface area contributed by atoms with E-state index < -0.39 is 12.0 Å². The van der Waals surface area contributed by atoms with Crippen molar-refractivity contribution in [2.45, 2.75) is 50.7 Å². The Kier molecular flexibility index (Phi) is 4.59. The van der Waals surface area contributed by atoms with Crippen LogP contribution in [0, 0.1) is 5.92 Å². The van der Waals surface area contributed by atoms with E-state index in [0.29, 0.717) is 12.2 Å². The van der Waals surface area contributed by atoms with Crippen molar-refractivity contribution in [3.05, 3.63) is 58.4 Å². The second-order valence-corrected chi connectivity index (χ2v) is 7.35. The lowest BCUT2D eigenvalue weighted by atomic mass is 9.84. The predicted molar refractivity (Wildman–Crippen MR) is 96.5 cm³/mol. The molecule has 0 bridgehead atoms. The summed E-state index contributed by atoms with van der Waals surface area (Å²) < 4.78 is 7.17. The van der Waals surface area contributed by atoms with Crippen molar-refractivity contribution in [2.75, 3.05) is 0 Å². The molecule has 1 aliphatic heterocycles. The molecule has 1 aliphatic carbocycles. The highest BCUT2D eigenvalue weighted by atomic mass is 16.4. The molecule has 2 aromatic rings. The number of furan rings is 1. The topological polar surface area (TPSA) is 92.8 Å². The number of pyridine rings is 1. The molecule has 0 radical (unpaired) electrons. The fourth-order valence-electron chi connectivity index (χ4n) is 4.44. The van der Waals surface area contributed by atoms with Gasteiger partial charge in [0.05, 0.1) is 6.54 Å². The monoisotopic (exact) mass is 370 g/mol. The number of amides is 1. The Morgan fingerprint density at radius 1 is 1.15 bits per heavy atom. The minimum absolute atomic E-state index is 0.0300. The van der Waals surface area contributed by atoms with Crippen LogP contribution >= 0.6 is 0 Å². The van der Waals surface area contributed by atoms with Crippen LogP contribution in [0.25, 0.3) is 0 Å². The Morgan fingerprint density at radius 3 is 2.74 bits per heavy atom. The first-order valence-electron chi connectivity index (χ1n) is 9.34. The maximum atomic E-state index is 13.0. The molecule has 27 heavy (non-hydrogen) atoms. The van der Waals surface area contributed by atoms with Gasteiger partial charge in [-0.15, -0.1) is 0 Å². The van der Waals surface area contributed by atoms with Crippen molar-refractivity contribution < 1.29 is 19.1 Å². The average Bonchev–Trinajstić information content (AvgIpc) is 3.28. The summed E-state index contributed by atoms with van der Waals surface area (Å²) in [5, 5.41) is 9.59. The minimum Gasteiger partial charge on any atom is -0.480 e. The van der Waals surface area contributed by atoms with Crippen molar-refractivity contribution in [1.29, 1.82) is 0 Å². The number of fused-ring (bicyclic) bond motifs is 1. The molecular weight excluding hydrogens is 348 g/mol. The minimum atomic E-state index is -0.958. The Hall–Kier alpha value is -2.83. The first kappa shape index (κ1) is 17.6. The zero-order valence-electron chi connectivity index (χ0n) is 14.9. The highest BCUT2D eigenvalue weighted by Gasteiger charge is 2.48. The van der Waals surface area contributed by atoms with Crippen LogP contribution in [0.3, 0.4) is 0 Å². The molecule has 1 saturated heterocycles. The van der Waals surface area contributed by atoms with Gasteiger partial charge in [-0.2, -0.15) is 0 Å². The number of aromatic nitrogens is 1. The standard InChI is InChI=1S/C20H22N2O5/c23-18-7-3-4-10-21(18)12-14-8-9-17(27-14)19(24)22-15-6-2-1-5-13(15)11-16(22)20(25)26/h3-4,7-10,13,15-16H,1-2,5-6,11-12H2,(H,25,26)/t13-,15+,16+/m1/s1. The molecule has 2 fully saturated rings. The Labute approximate surface area is 156 Å². The number of rotatable bonds is 4. The third-order valence-electron chi connectivity index (χ3n) is 5.71. The molecule has 0 aromatic carbocycles. The average molecular weight is 370 g/mol. The molecule has 1 saturated carbocycles. The molecule has 1 amide bonds. The highest BCUT2D eigenvalue weighted by molar-refractivity contribution is 5.95. The van der Waals surface area contributed by atoms with Crippen LogP contribution in [0.1, 0.15) is 48.4 Å². The highest BCUT2D eigenvalue weighted by Crippen LogP contribution is 2.40. The van der Waals surface area contributed by atoms with Crippen molar-refractivity contribution in [3.8, 4) is 0 Å². The molecule has 7 heteroatoms. The molecule has 7 nitrogen and oxygen atoms in total. The first-order valence-corrected chi connectivity index (χ1v) is 9.34. The SMILES string of the molecule is O=C(O)[C@@H]1C[C@H]2CCCC[C@@H]2N1C(=O)c1ccc(Cn2ccccc2=O)o1. The molecule has 4 rings (SSSR count). The van der Waals surface area contributed by atoms with Gasteiger partial charge in [-0.25, -0.2) is 4.79 Å². The molecule has 0 spiro atoms. The Balaban J connectivity index is 1.57. The summed E-state index contributed by atoms with van der Waals surface area (Å²) in [6.07, 6.45) is 6.08. The van der Waals surface area contributed by atoms with E-state index in [9.17, 15) is 19.5 Å². The summed E-state index contributed by atoms with van der Waals surface area (Å²) >= 11 is 0. The number of hydrogen-bond donors (Lipinski definition) is 1. The van der Waals surface area contributed by atoms with Gasteiger partial charge in [0, 0.05) is 18.3 Å². The number of nitrogens with zero attached hydrogens (tertiary/aromatic N) is 2. The largest absolute Gasteiger partial charge is 0.480 e. The summed E-state index contributed by atoms with van der Waals surface area (Å²) in [6, 6.07) is 7.28. The Bertz CT molecular complexity index is 915. The number of carboxylic acid groups (broad SMARTS) is 1. The maximum Gasteiger partial charge on any atom is 0.326 e. The second-order valence-electron chi connectivity index (χ2n) is 7.35. The zero-order valence-corrected chi connectivity index (χ0v) is 14.9. The summed E-state index contributed by atoms with van der Waals surface area (Å²) in [6.45, 7) is 0.224. The van der Waals surface area contributed by atoms with Gasteiger partial charge in [0.25, 0.3) is 11.5 Å². The van der Waals surface area contributed by atoms with E-state index >= 15 is 0 Å². The van der Waals surface area contributed by atoms with E-state index in [1.807, 2.05) is 0 Å². The van der Waals surface area contributed by atoms with Crippen molar-refractivity contribution in [2.24, 2.45) is 5.92 Å². The third-order valence-corrected chi connectivity index (χ3v) is 5.71. The van der Waals surface area contributed by atoms with Gasteiger partial charge in [0.15, 0.2) is 5.76 Å². The summed E-state index contributed by atoms with van der Waals surface area (Å²) in [7, 11) is 0. The van der Waals surface area contributed by atoms with E-state index in [0.717, 1.165) is 25.7 Å². The van der Waals surface area contributed by atoms with Gasteiger partial charge in [-0.3, -0.25) is 9.59 Å². The molecule has 1 N–H and O–H groups in total. The number of aliphatic carboxylic acids is 1. The van der Waals surface area contributed by atoms with Crippen molar-refractivity contribution in [3.63, 3.8) is 0 Å². The van der Waals surface area contributed by atoms with Crippen LogP contribution in [-0.2, 0) is 11.3 Å². The number of likely N-dealkylation sites (tertiary alicyclic amines) is 1. The molecule has 3 heterocycles. The maximum absolute atomic E-state index is 13.0. The number of hydrogen-bond acceptors (Lipinski definition) is 4. The van der Waals surface area contributed by atoms with Crippen LogP contribution < -0.4 is 5.56 Å². The van der Waals surface area contributed by atoms with Crippen molar-refractivity contribution in [1.82, 2.24) is 9.47 Å². The van der Waals surface area contributed by atoms with Gasteiger partial charge in [0.2, 0.25) is 0 Å². The van der Waals surface area contributed by atoms with Gasteiger partial charge in [-0.05, 0) is 43.4 Å². The van der Waals surface area contributed by atoms with Crippen LogP contribution in [0.5, 0.6) is 0 Å². The van der Waals surface area contributed by atoms with Gasteiger partial charge >= 0.3 is 5.97 Å². The summed E-state index contributed by atoms with van der Waals surface area (Å²) in [5.41, 5.74) is -0.155. The fourth-order valence-corrected chi connectivity index (χ4v) is 4.44. The number of carbonyl (C=O) groups excluding carboxylic acids is 1. The van der Waals surface area contributed by atoms with E-state index in [-0.39, 0.29) is 35.7 Å². The lowest BCUT2D eigenvalue weighted by Gasteiger charge is -2.32. The smallest absolute Gasteiger partial charge is 0.326 e. The zero-order chi connectivity index (χ0) is 19.0. The fraction of sp³-hybridized carbons (Fsp3) is 0.450. The van der Waals surface area contributed by atoms with Crippen LogP contribution in [0.15, 0.2) is 45.7 Å². The van der Waals surface area contributed by atoms with Crippen LogP contribution in [-0.4, -0.2) is 38.5 Å². The van der Waals surface area contributed by atoms with E-state index in [2.05, 4.69) is 0 Å². The Morgan fingerprint density at radius 2 is 1.96 bits per heavy atom. The molecular formula is C20H22N2O5. The summed E-state index contributed by atoms with van der Waals surface area (Å²) in [5.74, 6) is -0.464. The van der Waals surface area contributed by atoms with Gasteiger partial charge < -0.3 is 19.0 Å². The normalized spacial score (nSPS) is 24.6. The molecule has 2 aliphatic rings. The quantitative estimate of drug-likeness (QED) is 0.892. The molecule has 0 unspecified atom stereocenters. The summed E-state index contributed by atoms with van der Waals surface area (Å²) in [4.78, 5) is 38.1. The third kappa shape index (κ3) is 3.29. The van der Waals surface area contributed by atoms with Crippen molar-refractivity contribution >= 4 is 11.9 Å². The molecule has 2 aromatic heterocycles. The van der Waals surface area contributed by atoms with E-state index in [1.54, 1.807) is 30.5 Å². The molecule has 142 valence electrons. The van der Waals surface area contributed by atoms with Gasteiger partial charge in [-0.1, -0.05) is 18.9 Å². The molecule has 3 atom stereocenters. The predicted octanol–water partition coefficient (Wildman–Crippen LogP) is 2.35. The number of carboxylic acids is 1. The lowest BCUT2D eigenvalue weighted by molar-refractivity contribution is -0.141. The van der Waals surface area contributed by atoms with Crippen LogP contribution in [0.4, 0.5) is 0 Å². The lowest BCUT2D eigenvalue weighted by Crippen LogP contribution is -2.46. The first-order chi connectivity index (χ1) is 13.0. The van der Waals surface area contributed by atoms with Crippen LogP contribution in [0.2, 0.25) is 0 Å². The number of carbonyl (C=O) groups is 2. The van der Waals surface area contributed by atoms with Gasteiger partial charge in [0.1, 0.15) is 11.8 Å². The van der Waals surface area contributed by atoms with E-state index in [4.69, 9.17) is 4.42 Å². The van der Waals surface area contributed by atoms with E-state index in [1.165, 1.54) is 15.5 Å². The second kappa shape index (κ2) is 7.06.